The molecule has 2 fully saturated rings. The molecule has 2 unspecified atom stereocenters. The molecule has 2 bridgehead atoms. The van der Waals surface area contributed by atoms with Crippen molar-refractivity contribution in [2.45, 2.75) is 43.8 Å². The van der Waals surface area contributed by atoms with Gasteiger partial charge in [-0.1, -0.05) is 0 Å². The summed E-state index contributed by atoms with van der Waals surface area (Å²) >= 11 is 0. The highest BCUT2D eigenvalue weighted by Gasteiger charge is 2.36. The smallest absolute Gasteiger partial charge is 0.257 e. The van der Waals surface area contributed by atoms with Crippen LogP contribution in [0.3, 0.4) is 0 Å². The molecule has 2 heterocycles. The Balaban J connectivity index is 1.78. The van der Waals surface area contributed by atoms with E-state index in [1.165, 1.54) is 31.0 Å². The van der Waals surface area contributed by atoms with E-state index in [1.807, 2.05) is 0 Å². The van der Waals surface area contributed by atoms with Gasteiger partial charge in [-0.15, -0.1) is 0 Å². The maximum absolute atomic E-state index is 12.5. The predicted octanol–water partition coefficient (Wildman–Crippen LogP) is 1.45. The van der Waals surface area contributed by atoms with Crippen molar-refractivity contribution < 1.29 is 15.0 Å². The van der Waals surface area contributed by atoms with E-state index in [4.69, 9.17) is 0 Å². The van der Waals surface area contributed by atoms with Crippen LogP contribution in [0.4, 0.5) is 0 Å². The summed E-state index contributed by atoms with van der Waals surface area (Å²) in [6.07, 6.45) is 4.28. The van der Waals surface area contributed by atoms with E-state index >= 15 is 0 Å². The first-order valence-corrected chi connectivity index (χ1v) is 7.10. The maximum atomic E-state index is 12.5. The number of carbonyl (C=O) groups excluding carboxylic acids is 1. The van der Waals surface area contributed by atoms with E-state index in [2.05, 4.69) is 5.32 Å². The van der Waals surface area contributed by atoms with Gasteiger partial charge in [0, 0.05) is 25.2 Å². The van der Waals surface area contributed by atoms with Crippen LogP contribution in [0.25, 0.3) is 0 Å². The fourth-order valence-corrected chi connectivity index (χ4v) is 3.39. The van der Waals surface area contributed by atoms with E-state index in [1.54, 1.807) is 11.9 Å². The van der Waals surface area contributed by atoms with Crippen molar-refractivity contribution in [3.8, 4) is 11.5 Å². The van der Waals surface area contributed by atoms with Crippen molar-refractivity contribution >= 4 is 5.91 Å². The summed E-state index contributed by atoms with van der Waals surface area (Å²) in [7, 11) is 1.78. The second-order valence-electron chi connectivity index (χ2n) is 5.88. The van der Waals surface area contributed by atoms with Crippen LogP contribution in [0, 0.1) is 0 Å². The quantitative estimate of drug-likeness (QED) is 0.715. The zero-order valence-corrected chi connectivity index (χ0v) is 11.5. The van der Waals surface area contributed by atoms with E-state index in [9.17, 15) is 15.0 Å². The van der Waals surface area contributed by atoms with Crippen molar-refractivity contribution in [2.24, 2.45) is 0 Å². The minimum absolute atomic E-state index is 0.00932. The fourth-order valence-electron chi connectivity index (χ4n) is 3.39. The topological polar surface area (TPSA) is 72.8 Å². The summed E-state index contributed by atoms with van der Waals surface area (Å²) in [5, 5.41) is 22.8. The lowest BCUT2D eigenvalue weighted by Crippen LogP contribution is -2.48. The molecular formula is C15H20N2O3. The molecule has 5 heteroatoms. The SMILES string of the molecule is CN(C(=O)c1cc(O)ccc1O)C1CC2CCC(C1)N2. The number of hydrogen-bond acceptors (Lipinski definition) is 4. The summed E-state index contributed by atoms with van der Waals surface area (Å²) < 4.78 is 0. The fraction of sp³-hybridized carbons (Fsp3) is 0.533. The number of carbonyl (C=O) groups is 1. The number of nitrogens with one attached hydrogen (secondary N) is 1. The Morgan fingerprint density at radius 1 is 1.25 bits per heavy atom. The molecular weight excluding hydrogens is 256 g/mol. The molecule has 3 rings (SSSR count). The lowest BCUT2D eigenvalue weighted by Gasteiger charge is -2.35. The average molecular weight is 276 g/mol. The molecule has 1 aromatic rings. The van der Waals surface area contributed by atoms with Crippen LogP contribution in [0.5, 0.6) is 11.5 Å². The average Bonchev–Trinajstić information content (AvgIpc) is 2.78. The van der Waals surface area contributed by atoms with Gasteiger partial charge in [-0.3, -0.25) is 4.79 Å². The number of benzene rings is 1. The van der Waals surface area contributed by atoms with Crippen LogP contribution >= 0.6 is 0 Å². The summed E-state index contributed by atoms with van der Waals surface area (Å²) in [6, 6.07) is 5.25. The number of piperidine rings is 1. The third kappa shape index (κ3) is 2.33. The van der Waals surface area contributed by atoms with Crippen LogP contribution in [0.1, 0.15) is 36.0 Å². The largest absolute Gasteiger partial charge is 0.508 e. The van der Waals surface area contributed by atoms with Gasteiger partial charge in [0.1, 0.15) is 11.5 Å². The number of phenols is 2. The first-order chi connectivity index (χ1) is 9.54. The van der Waals surface area contributed by atoms with Gasteiger partial charge in [0.15, 0.2) is 0 Å². The molecule has 0 spiro atoms. The van der Waals surface area contributed by atoms with Crippen LogP contribution < -0.4 is 5.32 Å². The molecule has 0 aliphatic carbocycles. The minimum Gasteiger partial charge on any atom is -0.508 e. The summed E-state index contributed by atoms with van der Waals surface area (Å²) in [6.45, 7) is 0. The highest BCUT2D eigenvalue weighted by Crippen LogP contribution is 2.31. The zero-order chi connectivity index (χ0) is 14.3. The zero-order valence-electron chi connectivity index (χ0n) is 11.5. The predicted molar refractivity (Wildman–Crippen MR) is 74.8 cm³/mol. The molecule has 2 saturated heterocycles. The third-order valence-electron chi connectivity index (χ3n) is 4.53. The van der Waals surface area contributed by atoms with E-state index in [0.717, 1.165) is 12.8 Å². The molecule has 3 N–H and O–H groups in total. The summed E-state index contributed by atoms with van der Waals surface area (Å²) in [5.41, 5.74) is 0.165. The van der Waals surface area contributed by atoms with Gasteiger partial charge in [-0.2, -0.15) is 0 Å². The first-order valence-electron chi connectivity index (χ1n) is 7.10. The number of nitrogens with zero attached hydrogens (tertiary/aromatic N) is 1. The van der Waals surface area contributed by atoms with Crippen molar-refractivity contribution in [2.75, 3.05) is 7.05 Å². The molecule has 2 aliphatic rings. The lowest BCUT2D eigenvalue weighted by molar-refractivity contribution is 0.0678. The maximum Gasteiger partial charge on any atom is 0.257 e. The molecule has 0 radical (unpaired) electrons. The molecule has 1 aromatic carbocycles. The molecule has 2 atom stereocenters. The Hall–Kier alpha value is -1.75. The van der Waals surface area contributed by atoms with Gasteiger partial charge >= 0.3 is 0 Å². The van der Waals surface area contributed by atoms with Crippen molar-refractivity contribution in [1.29, 1.82) is 0 Å². The van der Waals surface area contributed by atoms with Crippen LogP contribution in [0.15, 0.2) is 18.2 Å². The lowest BCUT2D eigenvalue weighted by atomic mass is 9.98. The van der Waals surface area contributed by atoms with E-state index in [-0.39, 0.29) is 29.0 Å². The number of aromatic hydroxyl groups is 2. The van der Waals surface area contributed by atoms with Crippen LogP contribution in [-0.2, 0) is 0 Å². The Labute approximate surface area is 118 Å². The highest BCUT2D eigenvalue weighted by atomic mass is 16.3. The molecule has 5 nitrogen and oxygen atoms in total. The summed E-state index contributed by atoms with van der Waals surface area (Å²) in [5.74, 6) is -0.328. The normalized spacial score (nSPS) is 28.4. The molecule has 20 heavy (non-hydrogen) atoms. The third-order valence-corrected chi connectivity index (χ3v) is 4.53. The summed E-state index contributed by atoms with van der Waals surface area (Å²) in [4.78, 5) is 14.2. The Morgan fingerprint density at radius 3 is 2.55 bits per heavy atom. The molecule has 2 aliphatic heterocycles. The number of fused-ring (bicyclic) bond motifs is 2. The van der Waals surface area contributed by atoms with Gasteiger partial charge in [0.05, 0.1) is 5.56 Å². The van der Waals surface area contributed by atoms with Gasteiger partial charge in [0.25, 0.3) is 5.91 Å². The van der Waals surface area contributed by atoms with Crippen LogP contribution in [-0.4, -0.2) is 46.2 Å². The molecule has 108 valence electrons. The molecule has 0 saturated carbocycles. The van der Waals surface area contributed by atoms with Gasteiger partial charge in [-0.05, 0) is 43.9 Å². The number of hydrogen-bond donors (Lipinski definition) is 3. The van der Waals surface area contributed by atoms with Crippen molar-refractivity contribution in [3.05, 3.63) is 23.8 Å². The number of phenolic OH excluding ortho intramolecular Hbond substituents is 2. The number of amides is 1. The van der Waals surface area contributed by atoms with Crippen molar-refractivity contribution in [1.82, 2.24) is 10.2 Å². The minimum atomic E-state index is -0.232. The van der Waals surface area contributed by atoms with Crippen LogP contribution in [0.2, 0.25) is 0 Å². The monoisotopic (exact) mass is 276 g/mol. The number of rotatable bonds is 2. The first kappa shape index (κ1) is 13.2. The standard InChI is InChI=1S/C15H20N2O3/c1-17(11-6-9-2-3-10(7-11)16-9)15(20)13-8-12(18)4-5-14(13)19/h4-5,8-11,16,18-19H,2-3,6-7H2,1H3. The molecule has 1 amide bonds. The second kappa shape index (κ2) is 4.98. The van der Waals surface area contributed by atoms with Gasteiger partial charge < -0.3 is 20.4 Å². The van der Waals surface area contributed by atoms with Crippen molar-refractivity contribution in [3.63, 3.8) is 0 Å². The highest BCUT2D eigenvalue weighted by molar-refractivity contribution is 5.97. The van der Waals surface area contributed by atoms with E-state index < -0.39 is 0 Å². The van der Waals surface area contributed by atoms with Gasteiger partial charge in [-0.25, -0.2) is 0 Å². The van der Waals surface area contributed by atoms with Gasteiger partial charge in [0.2, 0.25) is 0 Å². The Kier molecular flexibility index (Phi) is 3.30. The molecule has 0 aromatic heterocycles. The second-order valence-corrected chi connectivity index (χ2v) is 5.88. The van der Waals surface area contributed by atoms with E-state index in [0.29, 0.717) is 12.1 Å². The Bertz CT molecular complexity index is 520. The Morgan fingerprint density at radius 2 is 1.90 bits per heavy atom.